The SMILES string of the molecule is CCCCC(C)OC(=O)C(C(C)N)S(=O)(=O)c1ccccc1Cl. The molecule has 0 heterocycles. The van der Waals surface area contributed by atoms with Crippen molar-refractivity contribution in [3.63, 3.8) is 0 Å². The molecule has 3 unspecified atom stereocenters. The summed E-state index contributed by atoms with van der Waals surface area (Å²) in [5.74, 6) is -0.830. The fourth-order valence-corrected chi connectivity index (χ4v) is 4.47. The maximum absolute atomic E-state index is 12.8. The molecule has 1 rings (SSSR count). The number of nitrogens with two attached hydrogens (primary N) is 1. The Labute approximate surface area is 143 Å². The van der Waals surface area contributed by atoms with Crippen LogP contribution in [0.1, 0.15) is 40.0 Å². The molecule has 0 aromatic heterocycles. The van der Waals surface area contributed by atoms with Gasteiger partial charge in [0, 0.05) is 6.04 Å². The summed E-state index contributed by atoms with van der Waals surface area (Å²) in [5.41, 5.74) is 5.76. The number of hydrogen-bond acceptors (Lipinski definition) is 5. The number of hydrogen-bond donors (Lipinski definition) is 1. The van der Waals surface area contributed by atoms with E-state index in [0.717, 1.165) is 12.8 Å². The van der Waals surface area contributed by atoms with Gasteiger partial charge in [-0.15, -0.1) is 0 Å². The number of rotatable bonds is 8. The van der Waals surface area contributed by atoms with Crippen molar-refractivity contribution in [2.45, 2.75) is 62.3 Å². The quantitative estimate of drug-likeness (QED) is 0.719. The Bertz CT molecular complexity index is 631. The standard InChI is InChI=1S/C16H24ClNO4S/c1-4-5-8-11(2)22-16(19)15(12(3)18)23(20,21)14-10-7-6-9-13(14)17/h6-7,9-12,15H,4-5,8,18H2,1-3H3. The Hall–Kier alpha value is -1.11. The van der Waals surface area contributed by atoms with Crippen LogP contribution in [-0.2, 0) is 19.4 Å². The average Bonchev–Trinajstić information content (AvgIpc) is 2.44. The van der Waals surface area contributed by atoms with Crippen LogP contribution in [-0.4, -0.2) is 31.8 Å². The highest BCUT2D eigenvalue weighted by Gasteiger charge is 2.40. The minimum Gasteiger partial charge on any atom is -0.462 e. The molecule has 0 spiro atoms. The smallest absolute Gasteiger partial charge is 0.326 e. The first-order chi connectivity index (χ1) is 10.7. The highest BCUT2D eigenvalue weighted by atomic mass is 35.5. The molecule has 7 heteroatoms. The number of benzene rings is 1. The fraction of sp³-hybridized carbons (Fsp3) is 0.562. The maximum atomic E-state index is 12.8. The molecule has 0 aliphatic rings. The summed E-state index contributed by atoms with van der Waals surface area (Å²) < 4.78 is 30.8. The van der Waals surface area contributed by atoms with Crippen molar-refractivity contribution >= 4 is 27.4 Å². The largest absolute Gasteiger partial charge is 0.462 e. The third-order valence-corrected chi connectivity index (χ3v) is 6.17. The van der Waals surface area contributed by atoms with Gasteiger partial charge in [-0.3, -0.25) is 4.79 Å². The molecule has 0 bridgehead atoms. The molecular formula is C16H24ClNO4S. The van der Waals surface area contributed by atoms with E-state index in [4.69, 9.17) is 22.1 Å². The topological polar surface area (TPSA) is 86.5 Å². The van der Waals surface area contributed by atoms with E-state index in [-0.39, 0.29) is 16.0 Å². The van der Waals surface area contributed by atoms with Crippen LogP contribution >= 0.6 is 11.6 Å². The number of unbranched alkanes of at least 4 members (excludes halogenated alkanes) is 1. The molecule has 0 amide bonds. The summed E-state index contributed by atoms with van der Waals surface area (Å²) in [6.45, 7) is 5.24. The van der Waals surface area contributed by atoms with E-state index in [1.807, 2.05) is 6.92 Å². The zero-order valence-electron chi connectivity index (χ0n) is 13.7. The zero-order chi connectivity index (χ0) is 17.6. The molecule has 0 aliphatic carbocycles. The van der Waals surface area contributed by atoms with Gasteiger partial charge in [-0.05, 0) is 32.4 Å². The summed E-state index contributed by atoms with van der Waals surface area (Å²) in [5, 5.41) is -1.42. The summed E-state index contributed by atoms with van der Waals surface area (Å²) in [7, 11) is -4.03. The molecule has 1 aromatic rings. The third kappa shape index (κ3) is 5.19. The summed E-state index contributed by atoms with van der Waals surface area (Å²) >= 11 is 5.96. The van der Waals surface area contributed by atoms with Crippen molar-refractivity contribution < 1.29 is 17.9 Å². The van der Waals surface area contributed by atoms with Gasteiger partial charge in [0.15, 0.2) is 15.1 Å². The van der Waals surface area contributed by atoms with Crippen LogP contribution in [0, 0.1) is 0 Å². The second kappa shape index (κ2) is 8.66. The fourth-order valence-electron chi connectivity index (χ4n) is 2.25. The monoisotopic (exact) mass is 361 g/mol. The second-order valence-electron chi connectivity index (χ2n) is 5.64. The van der Waals surface area contributed by atoms with E-state index in [9.17, 15) is 13.2 Å². The lowest BCUT2D eigenvalue weighted by molar-refractivity contribution is -0.148. The van der Waals surface area contributed by atoms with Crippen molar-refractivity contribution in [3.8, 4) is 0 Å². The van der Waals surface area contributed by atoms with Gasteiger partial charge in [0.1, 0.15) is 0 Å². The van der Waals surface area contributed by atoms with E-state index in [1.165, 1.54) is 19.1 Å². The number of ether oxygens (including phenoxy) is 1. The van der Waals surface area contributed by atoms with Crippen LogP contribution in [0.25, 0.3) is 0 Å². The van der Waals surface area contributed by atoms with Crippen molar-refractivity contribution in [3.05, 3.63) is 29.3 Å². The van der Waals surface area contributed by atoms with E-state index >= 15 is 0 Å². The minimum absolute atomic E-state index is 0.0602. The van der Waals surface area contributed by atoms with Crippen LogP contribution in [0.5, 0.6) is 0 Å². The number of sulfone groups is 1. The normalized spacial score (nSPS) is 15.7. The Morgan fingerprint density at radius 3 is 2.43 bits per heavy atom. The number of esters is 1. The molecular weight excluding hydrogens is 338 g/mol. The van der Waals surface area contributed by atoms with Crippen LogP contribution in [0.4, 0.5) is 0 Å². The Morgan fingerprint density at radius 1 is 1.30 bits per heavy atom. The number of halogens is 1. The van der Waals surface area contributed by atoms with Crippen LogP contribution < -0.4 is 5.73 Å². The van der Waals surface area contributed by atoms with E-state index in [0.29, 0.717) is 6.42 Å². The van der Waals surface area contributed by atoms with Crippen molar-refractivity contribution in [1.29, 1.82) is 0 Å². The van der Waals surface area contributed by atoms with Crippen LogP contribution in [0.2, 0.25) is 5.02 Å². The molecule has 5 nitrogen and oxygen atoms in total. The molecule has 1 aromatic carbocycles. The van der Waals surface area contributed by atoms with E-state index in [1.54, 1.807) is 19.1 Å². The molecule has 0 saturated heterocycles. The minimum atomic E-state index is -4.03. The molecule has 2 N–H and O–H groups in total. The maximum Gasteiger partial charge on any atom is 0.326 e. The van der Waals surface area contributed by atoms with Gasteiger partial charge in [-0.2, -0.15) is 0 Å². The van der Waals surface area contributed by atoms with Gasteiger partial charge < -0.3 is 10.5 Å². The Morgan fingerprint density at radius 2 is 1.91 bits per heavy atom. The van der Waals surface area contributed by atoms with Crippen LogP contribution in [0.15, 0.2) is 29.2 Å². The third-order valence-electron chi connectivity index (χ3n) is 3.47. The van der Waals surface area contributed by atoms with Crippen molar-refractivity contribution in [2.75, 3.05) is 0 Å². The highest BCUT2D eigenvalue weighted by molar-refractivity contribution is 7.93. The second-order valence-corrected chi connectivity index (χ2v) is 8.09. The first kappa shape index (κ1) is 19.9. The van der Waals surface area contributed by atoms with E-state index < -0.39 is 27.1 Å². The molecule has 0 saturated carbocycles. The summed E-state index contributed by atoms with van der Waals surface area (Å²) in [6.07, 6.45) is 2.19. The van der Waals surface area contributed by atoms with Gasteiger partial charge in [0.05, 0.1) is 16.0 Å². The lowest BCUT2D eigenvalue weighted by atomic mass is 10.2. The van der Waals surface area contributed by atoms with Gasteiger partial charge in [-0.1, -0.05) is 43.5 Å². The average molecular weight is 362 g/mol. The van der Waals surface area contributed by atoms with Crippen LogP contribution in [0.3, 0.4) is 0 Å². The van der Waals surface area contributed by atoms with Gasteiger partial charge in [0.2, 0.25) is 0 Å². The Balaban J connectivity index is 3.06. The van der Waals surface area contributed by atoms with E-state index in [2.05, 4.69) is 0 Å². The molecule has 0 radical (unpaired) electrons. The first-order valence-electron chi connectivity index (χ1n) is 7.66. The van der Waals surface area contributed by atoms with Crippen molar-refractivity contribution in [1.82, 2.24) is 0 Å². The molecule has 0 fully saturated rings. The van der Waals surface area contributed by atoms with Crippen molar-refractivity contribution in [2.24, 2.45) is 5.73 Å². The first-order valence-corrected chi connectivity index (χ1v) is 9.58. The predicted molar refractivity (Wildman–Crippen MR) is 91.2 cm³/mol. The van der Waals surface area contributed by atoms with Gasteiger partial charge in [-0.25, -0.2) is 8.42 Å². The molecule has 23 heavy (non-hydrogen) atoms. The van der Waals surface area contributed by atoms with Gasteiger partial charge in [0.25, 0.3) is 0 Å². The number of carbonyl (C=O) groups excluding carboxylic acids is 1. The lowest BCUT2D eigenvalue weighted by Gasteiger charge is -2.22. The predicted octanol–water partition coefficient (Wildman–Crippen LogP) is 2.95. The zero-order valence-corrected chi connectivity index (χ0v) is 15.2. The Kier molecular flexibility index (Phi) is 7.51. The molecule has 3 atom stereocenters. The molecule has 0 aliphatic heterocycles. The molecule has 130 valence electrons. The summed E-state index contributed by atoms with van der Waals surface area (Å²) in [4.78, 5) is 12.3. The lowest BCUT2D eigenvalue weighted by Crippen LogP contribution is -2.46. The summed E-state index contributed by atoms with van der Waals surface area (Å²) in [6, 6.07) is 5.07. The van der Waals surface area contributed by atoms with Gasteiger partial charge >= 0.3 is 5.97 Å². The number of carbonyl (C=O) groups is 1. The highest BCUT2D eigenvalue weighted by Crippen LogP contribution is 2.26.